The number of hydrazone groups is 1. The molecule has 0 saturated carbocycles. The molecule has 0 bridgehead atoms. The summed E-state index contributed by atoms with van der Waals surface area (Å²) in [4.78, 5) is 29.1. The number of Topliss-reactive ketones (excluding diaryl/α,β-unsaturated/α-hetero) is 1. The van der Waals surface area contributed by atoms with E-state index in [4.69, 9.17) is 0 Å². The Bertz CT molecular complexity index is 1010. The van der Waals surface area contributed by atoms with Gasteiger partial charge < -0.3 is 9.72 Å². The first kappa shape index (κ1) is 17.9. The number of carbonyl (C=O) groups is 2. The van der Waals surface area contributed by atoms with Crippen molar-refractivity contribution in [3.8, 4) is 0 Å². The fraction of sp³-hybridized carbons (Fsp3) is 0.238. The maximum atomic E-state index is 12.5. The fourth-order valence-electron chi connectivity index (χ4n) is 3.30. The normalized spacial score (nSPS) is 16.2. The molecule has 1 amide bonds. The summed E-state index contributed by atoms with van der Waals surface area (Å²) < 4.78 is 1.95. The van der Waals surface area contributed by atoms with Crippen molar-refractivity contribution in [2.45, 2.75) is 25.8 Å². The van der Waals surface area contributed by atoms with E-state index in [0.717, 1.165) is 17.0 Å². The summed E-state index contributed by atoms with van der Waals surface area (Å²) in [5.41, 5.74) is 2.97. The molecule has 1 unspecified atom stereocenters. The van der Waals surface area contributed by atoms with Gasteiger partial charge >= 0.3 is 0 Å². The predicted octanol–water partition coefficient (Wildman–Crippen LogP) is 2.22. The lowest BCUT2D eigenvalue weighted by molar-refractivity contribution is -0.118. The van der Waals surface area contributed by atoms with Gasteiger partial charge in [-0.3, -0.25) is 14.6 Å². The van der Waals surface area contributed by atoms with Gasteiger partial charge in [-0.05, 0) is 31.2 Å². The van der Waals surface area contributed by atoms with Crippen LogP contribution in [0.2, 0.25) is 0 Å². The second-order valence-corrected chi connectivity index (χ2v) is 6.76. The van der Waals surface area contributed by atoms with E-state index in [2.05, 4.69) is 15.4 Å². The first-order valence-electron chi connectivity index (χ1n) is 9.25. The monoisotopic (exact) mass is 375 g/mol. The van der Waals surface area contributed by atoms with Crippen LogP contribution < -0.4 is 10.3 Å². The molecule has 1 atom stereocenters. The molecule has 1 aliphatic heterocycles. The van der Waals surface area contributed by atoms with Crippen molar-refractivity contribution in [1.29, 1.82) is 0 Å². The lowest BCUT2D eigenvalue weighted by atomic mass is 10.1. The number of nitrogens with one attached hydrogen (secondary N) is 1. The van der Waals surface area contributed by atoms with Crippen molar-refractivity contribution >= 4 is 28.7 Å². The standard InChI is InChI=1S/C21H21N5O2/c1-15(27)19-13-18(24-26(19)17-7-3-2-4-8-17)21(28)22-11-10-16-14-25-12-6-5-9-20(25)23-16/h2-9,12,14,19H,10-11,13H2,1H3,(H,22,28). The van der Waals surface area contributed by atoms with Gasteiger partial charge in [-0.15, -0.1) is 0 Å². The zero-order chi connectivity index (χ0) is 19.5. The van der Waals surface area contributed by atoms with E-state index in [-0.39, 0.29) is 11.7 Å². The highest BCUT2D eigenvalue weighted by Gasteiger charge is 2.33. The van der Waals surface area contributed by atoms with Crippen LogP contribution in [0.4, 0.5) is 5.69 Å². The van der Waals surface area contributed by atoms with Crippen molar-refractivity contribution in [1.82, 2.24) is 14.7 Å². The molecule has 7 heteroatoms. The molecule has 0 radical (unpaired) electrons. The number of fused-ring (bicyclic) bond motifs is 1. The number of nitrogens with zero attached hydrogens (tertiary/aromatic N) is 4. The minimum atomic E-state index is -0.443. The summed E-state index contributed by atoms with van der Waals surface area (Å²) in [6, 6.07) is 14.8. The van der Waals surface area contributed by atoms with Crippen LogP contribution in [0.15, 0.2) is 66.0 Å². The molecule has 0 spiro atoms. The lowest BCUT2D eigenvalue weighted by Gasteiger charge is -2.20. The molecule has 2 aromatic heterocycles. The molecule has 1 N–H and O–H groups in total. The Kier molecular flexibility index (Phi) is 4.89. The number of rotatable bonds is 6. The highest BCUT2D eigenvalue weighted by Crippen LogP contribution is 2.24. The van der Waals surface area contributed by atoms with Crippen LogP contribution in [0.5, 0.6) is 0 Å². The van der Waals surface area contributed by atoms with Gasteiger partial charge in [-0.25, -0.2) is 4.98 Å². The summed E-state index contributed by atoms with van der Waals surface area (Å²) in [7, 11) is 0. The number of anilines is 1. The van der Waals surface area contributed by atoms with E-state index in [1.807, 2.05) is 65.3 Å². The average Bonchev–Trinajstić information content (AvgIpc) is 3.33. The molecule has 3 aromatic rings. The molecule has 4 rings (SSSR count). The first-order chi connectivity index (χ1) is 13.6. The molecule has 0 fully saturated rings. The largest absolute Gasteiger partial charge is 0.351 e. The number of pyridine rings is 1. The SMILES string of the molecule is CC(=O)C1CC(C(=O)NCCc2cn3ccccc3n2)=NN1c1ccccc1. The van der Waals surface area contributed by atoms with E-state index in [1.165, 1.54) is 6.92 Å². The highest BCUT2D eigenvalue weighted by molar-refractivity contribution is 6.40. The van der Waals surface area contributed by atoms with Crippen molar-refractivity contribution in [3.63, 3.8) is 0 Å². The maximum Gasteiger partial charge on any atom is 0.267 e. The Balaban J connectivity index is 1.40. The zero-order valence-corrected chi connectivity index (χ0v) is 15.6. The minimum absolute atomic E-state index is 0.0138. The van der Waals surface area contributed by atoms with Crippen molar-refractivity contribution < 1.29 is 9.59 Å². The third-order valence-corrected chi connectivity index (χ3v) is 4.74. The molecule has 1 aromatic carbocycles. The number of hydrogen-bond acceptors (Lipinski definition) is 5. The number of carbonyl (C=O) groups excluding carboxylic acids is 2. The van der Waals surface area contributed by atoms with E-state index < -0.39 is 6.04 Å². The quantitative estimate of drug-likeness (QED) is 0.716. The highest BCUT2D eigenvalue weighted by atomic mass is 16.2. The third kappa shape index (κ3) is 3.64. The van der Waals surface area contributed by atoms with Gasteiger partial charge in [0.25, 0.3) is 5.91 Å². The Labute approximate surface area is 162 Å². The number of aromatic nitrogens is 2. The second kappa shape index (κ2) is 7.64. The molecule has 0 aliphatic carbocycles. The van der Waals surface area contributed by atoms with Crippen LogP contribution in [0.3, 0.4) is 0 Å². The van der Waals surface area contributed by atoms with Gasteiger partial charge in [-0.1, -0.05) is 24.3 Å². The number of hydrogen-bond donors (Lipinski definition) is 1. The van der Waals surface area contributed by atoms with Crippen LogP contribution in [-0.2, 0) is 16.0 Å². The smallest absolute Gasteiger partial charge is 0.267 e. The molecule has 3 heterocycles. The van der Waals surface area contributed by atoms with Gasteiger partial charge in [0.05, 0.1) is 11.4 Å². The van der Waals surface area contributed by atoms with Gasteiger partial charge in [0.1, 0.15) is 17.4 Å². The van der Waals surface area contributed by atoms with Gasteiger partial charge in [0, 0.05) is 31.8 Å². The van der Waals surface area contributed by atoms with E-state index in [0.29, 0.717) is 25.1 Å². The average molecular weight is 375 g/mol. The van der Waals surface area contributed by atoms with Crippen LogP contribution in [0.1, 0.15) is 19.0 Å². The predicted molar refractivity (Wildman–Crippen MR) is 107 cm³/mol. The number of imidazole rings is 1. The summed E-state index contributed by atoms with van der Waals surface area (Å²) >= 11 is 0. The first-order valence-corrected chi connectivity index (χ1v) is 9.25. The van der Waals surface area contributed by atoms with Crippen LogP contribution in [0, 0.1) is 0 Å². The van der Waals surface area contributed by atoms with Crippen molar-refractivity contribution in [2.24, 2.45) is 5.10 Å². The summed E-state index contributed by atoms with van der Waals surface area (Å²) in [5.74, 6) is -0.256. The maximum absolute atomic E-state index is 12.5. The summed E-state index contributed by atoms with van der Waals surface area (Å²) in [5, 5.41) is 8.95. The second-order valence-electron chi connectivity index (χ2n) is 6.76. The summed E-state index contributed by atoms with van der Waals surface area (Å²) in [6.07, 6.45) is 4.83. The Hall–Kier alpha value is -3.48. The van der Waals surface area contributed by atoms with Gasteiger partial charge in [-0.2, -0.15) is 5.10 Å². The number of para-hydroxylation sites is 1. The fourth-order valence-corrected chi connectivity index (χ4v) is 3.30. The molecule has 142 valence electrons. The Morgan fingerprint density at radius 3 is 2.68 bits per heavy atom. The third-order valence-electron chi connectivity index (χ3n) is 4.74. The Morgan fingerprint density at radius 1 is 1.14 bits per heavy atom. The van der Waals surface area contributed by atoms with Gasteiger partial charge in [0.2, 0.25) is 0 Å². The number of benzene rings is 1. The lowest BCUT2D eigenvalue weighted by Crippen LogP contribution is -2.34. The van der Waals surface area contributed by atoms with Crippen LogP contribution in [0.25, 0.3) is 5.65 Å². The molecule has 0 saturated heterocycles. The molecule has 28 heavy (non-hydrogen) atoms. The van der Waals surface area contributed by atoms with Crippen LogP contribution in [-0.4, -0.2) is 39.4 Å². The van der Waals surface area contributed by atoms with E-state index in [9.17, 15) is 9.59 Å². The summed E-state index contributed by atoms with van der Waals surface area (Å²) in [6.45, 7) is 1.98. The minimum Gasteiger partial charge on any atom is -0.351 e. The Morgan fingerprint density at radius 2 is 1.93 bits per heavy atom. The van der Waals surface area contributed by atoms with Crippen molar-refractivity contribution in [2.75, 3.05) is 11.6 Å². The number of ketones is 1. The zero-order valence-electron chi connectivity index (χ0n) is 15.6. The van der Waals surface area contributed by atoms with Crippen LogP contribution >= 0.6 is 0 Å². The number of amides is 1. The topological polar surface area (TPSA) is 79.1 Å². The van der Waals surface area contributed by atoms with E-state index in [1.54, 1.807) is 5.01 Å². The van der Waals surface area contributed by atoms with E-state index >= 15 is 0 Å². The molecular formula is C21H21N5O2. The van der Waals surface area contributed by atoms with Crippen molar-refractivity contribution in [3.05, 3.63) is 66.6 Å². The molecular weight excluding hydrogens is 354 g/mol. The molecule has 7 nitrogen and oxygen atoms in total. The molecule has 1 aliphatic rings. The van der Waals surface area contributed by atoms with Gasteiger partial charge in [0.15, 0.2) is 5.78 Å².